The van der Waals surface area contributed by atoms with Gasteiger partial charge in [0, 0.05) is 23.7 Å². The monoisotopic (exact) mass is 338 g/mol. The third-order valence-corrected chi connectivity index (χ3v) is 3.90. The van der Waals surface area contributed by atoms with Crippen molar-refractivity contribution in [3.05, 3.63) is 53.4 Å². The molecule has 1 saturated heterocycles. The molecule has 0 aliphatic carbocycles. The number of hydrogen-bond acceptors (Lipinski definition) is 4. The quantitative estimate of drug-likeness (QED) is 0.514. The van der Waals surface area contributed by atoms with Gasteiger partial charge >= 0.3 is 6.03 Å². The maximum absolute atomic E-state index is 12.2. The van der Waals surface area contributed by atoms with Crippen molar-refractivity contribution in [1.29, 1.82) is 0 Å². The first-order valence-corrected chi connectivity index (χ1v) is 8.05. The Balaban J connectivity index is 1.81. The maximum atomic E-state index is 12.2. The van der Waals surface area contributed by atoms with E-state index in [0.29, 0.717) is 30.0 Å². The molecule has 0 bridgehead atoms. The predicted octanol–water partition coefficient (Wildman–Crippen LogP) is 3.45. The highest BCUT2D eigenvalue weighted by molar-refractivity contribution is 6.13. The van der Waals surface area contributed by atoms with E-state index in [0.717, 1.165) is 5.56 Å². The van der Waals surface area contributed by atoms with Gasteiger partial charge in [0.2, 0.25) is 0 Å². The molecule has 6 nitrogen and oxygen atoms in total. The van der Waals surface area contributed by atoms with Gasteiger partial charge in [-0.1, -0.05) is 31.2 Å². The van der Waals surface area contributed by atoms with Crippen molar-refractivity contribution in [1.82, 2.24) is 10.2 Å². The number of carbonyl (C=O) groups is 3. The van der Waals surface area contributed by atoms with Gasteiger partial charge in [-0.15, -0.1) is 0 Å². The largest absolute Gasteiger partial charge is 0.457 e. The molecule has 0 saturated carbocycles. The zero-order chi connectivity index (χ0) is 18.0. The van der Waals surface area contributed by atoms with E-state index >= 15 is 0 Å². The van der Waals surface area contributed by atoms with Crippen molar-refractivity contribution in [3.8, 4) is 11.3 Å². The number of carbonyl (C=O) groups excluding carboxylic acids is 3. The van der Waals surface area contributed by atoms with Crippen LogP contribution in [0.1, 0.15) is 36.4 Å². The molecule has 1 aliphatic rings. The summed E-state index contributed by atoms with van der Waals surface area (Å²) in [5, 5.41) is 2.56. The lowest BCUT2D eigenvalue weighted by Gasteiger charge is -2.08. The van der Waals surface area contributed by atoms with Gasteiger partial charge in [0.25, 0.3) is 5.91 Å². The van der Waals surface area contributed by atoms with Gasteiger partial charge in [0.1, 0.15) is 17.2 Å². The van der Waals surface area contributed by atoms with E-state index in [4.69, 9.17) is 4.42 Å². The highest BCUT2D eigenvalue weighted by Gasteiger charge is 2.32. The Morgan fingerprint density at radius 3 is 2.52 bits per heavy atom. The van der Waals surface area contributed by atoms with Gasteiger partial charge in [-0.05, 0) is 25.5 Å². The van der Waals surface area contributed by atoms with Crippen molar-refractivity contribution in [3.63, 3.8) is 0 Å². The summed E-state index contributed by atoms with van der Waals surface area (Å²) in [6.07, 6.45) is 2.22. The van der Waals surface area contributed by atoms with Gasteiger partial charge < -0.3 is 9.73 Å². The number of Topliss-reactive ketones (excluding diaryl/α,β-unsaturated/α-hetero) is 1. The lowest BCUT2D eigenvalue weighted by Crippen LogP contribution is -2.31. The van der Waals surface area contributed by atoms with Crippen molar-refractivity contribution in [2.24, 2.45) is 0 Å². The lowest BCUT2D eigenvalue weighted by atomic mass is 10.1. The summed E-state index contributed by atoms with van der Waals surface area (Å²) in [6, 6.07) is 10.2. The Morgan fingerprint density at radius 2 is 1.88 bits per heavy atom. The summed E-state index contributed by atoms with van der Waals surface area (Å²) in [6.45, 7) is 3.80. The van der Waals surface area contributed by atoms with Crippen LogP contribution in [0.15, 0.2) is 46.5 Å². The fourth-order valence-corrected chi connectivity index (χ4v) is 2.60. The Bertz CT molecular complexity index is 862. The summed E-state index contributed by atoms with van der Waals surface area (Å²) in [5.74, 6) is 0.732. The molecule has 1 aliphatic heterocycles. The van der Waals surface area contributed by atoms with Crippen LogP contribution >= 0.6 is 0 Å². The second-order valence-electron chi connectivity index (χ2n) is 5.78. The molecule has 0 unspecified atom stereocenters. The van der Waals surface area contributed by atoms with Crippen molar-refractivity contribution < 1.29 is 18.8 Å². The molecule has 3 rings (SSSR count). The van der Waals surface area contributed by atoms with E-state index in [1.165, 1.54) is 17.9 Å². The van der Waals surface area contributed by atoms with Gasteiger partial charge in [0.05, 0.1) is 0 Å². The van der Waals surface area contributed by atoms with Crippen LogP contribution in [-0.2, 0) is 4.79 Å². The minimum atomic E-state index is -0.412. The number of imide groups is 1. The van der Waals surface area contributed by atoms with Crippen LogP contribution in [0.25, 0.3) is 17.4 Å². The first-order chi connectivity index (χ1) is 12.0. The predicted molar refractivity (Wildman–Crippen MR) is 92.7 cm³/mol. The highest BCUT2D eigenvalue weighted by atomic mass is 16.3. The Kier molecular flexibility index (Phi) is 4.52. The number of nitrogens with one attached hydrogen (secondary N) is 1. The van der Waals surface area contributed by atoms with E-state index in [1.54, 1.807) is 36.4 Å². The average Bonchev–Trinajstić information content (AvgIpc) is 3.16. The van der Waals surface area contributed by atoms with Crippen LogP contribution in [0, 0.1) is 0 Å². The molecular formula is C19H18N2O4. The fraction of sp³-hybridized carbons (Fsp3) is 0.211. The number of rotatable bonds is 5. The molecule has 3 amide bonds. The SMILES string of the molecule is CCCN1C(=O)N/C(=C/c2ccc(-c3ccc(C(C)=O)cc3)o2)C1=O. The van der Waals surface area contributed by atoms with Crippen LogP contribution in [-0.4, -0.2) is 29.2 Å². The molecule has 25 heavy (non-hydrogen) atoms. The van der Waals surface area contributed by atoms with Crippen LogP contribution in [0.5, 0.6) is 0 Å². The lowest BCUT2D eigenvalue weighted by molar-refractivity contribution is -0.122. The van der Waals surface area contributed by atoms with Gasteiger partial charge in [0.15, 0.2) is 5.78 Å². The number of urea groups is 1. The first-order valence-electron chi connectivity index (χ1n) is 8.05. The Hall–Kier alpha value is -3.15. The number of hydrogen-bond donors (Lipinski definition) is 1. The normalized spacial score (nSPS) is 15.8. The molecule has 2 heterocycles. The van der Waals surface area contributed by atoms with Crippen LogP contribution in [0.3, 0.4) is 0 Å². The second kappa shape index (κ2) is 6.76. The molecule has 0 spiro atoms. The molecular weight excluding hydrogens is 320 g/mol. The molecule has 0 atom stereocenters. The smallest absolute Gasteiger partial charge is 0.329 e. The van der Waals surface area contributed by atoms with Crippen molar-refractivity contribution >= 4 is 23.8 Å². The molecule has 1 fully saturated rings. The summed E-state index contributed by atoms with van der Waals surface area (Å²) >= 11 is 0. The molecule has 1 aromatic heterocycles. The van der Waals surface area contributed by atoms with E-state index in [1.807, 2.05) is 6.92 Å². The molecule has 0 radical (unpaired) electrons. The van der Waals surface area contributed by atoms with E-state index in [2.05, 4.69) is 5.32 Å². The number of nitrogens with zero attached hydrogens (tertiary/aromatic N) is 1. The summed E-state index contributed by atoms with van der Waals surface area (Å²) < 4.78 is 5.73. The Labute approximate surface area is 145 Å². The van der Waals surface area contributed by atoms with Crippen molar-refractivity contribution in [2.75, 3.05) is 6.54 Å². The van der Waals surface area contributed by atoms with E-state index in [-0.39, 0.29) is 17.4 Å². The van der Waals surface area contributed by atoms with Gasteiger partial charge in [-0.25, -0.2) is 4.79 Å². The number of furan rings is 1. The summed E-state index contributed by atoms with van der Waals surface area (Å²) in [4.78, 5) is 36.5. The minimum Gasteiger partial charge on any atom is -0.457 e. The van der Waals surface area contributed by atoms with E-state index < -0.39 is 6.03 Å². The molecule has 2 aromatic rings. The number of ketones is 1. The average molecular weight is 338 g/mol. The number of amides is 3. The molecule has 1 N–H and O–H groups in total. The summed E-state index contributed by atoms with van der Waals surface area (Å²) in [5.41, 5.74) is 1.66. The molecule has 6 heteroatoms. The minimum absolute atomic E-state index is 0.00328. The van der Waals surface area contributed by atoms with Crippen LogP contribution < -0.4 is 5.32 Å². The number of benzene rings is 1. The third kappa shape index (κ3) is 3.38. The standard InChI is InChI=1S/C19H18N2O4/c1-3-10-21-18(23)16(20-19(21)24)11-15-8-9-17(25-15)14-6-4-13(5-7-14)12(2)22/h4-9,11H,3,10H2,1-2H3,(H,20,24)/b16-11+. The van der Waals surface area contributed by atoms with Gasteiger partial charge in [-0.2, -0.15) is 0 Å². The zero-order valence-electron chi connectivity index (χ0n) is 14.0. The van der Waals surface area contributed by atoms with Gasteiger partial charge in [-0.3, -0.25) is 14.5 Å². The fourth-order valence-electron chi connectivity index (χ4n) is 2.60. The van der Waals surface area contributed by atoms with Crippen molar-refractivity contribution in [2.45, 2.75) is 20.3 Å². The second-order valence-corrected chi connectivity index (χ2v) is 5.78. The summed E-state index contributed by atoms with van der Waals surface area (Å²) in [7, 11) is 0. The maximum Gasteiger partial charge on any atom is 0.329 e. The van der Waals surface area contributed by atoms with E-state index in [9.17, 15) is 14.4 Å². The van der Waals surface area contributed by atoms with Crippen LogP contribution in [0.2, 0.25) is 0 Å². The molecule has 1 aromatic carbocycles. The Morgan fingerprint density at radius 1 is 1.16 bits per heavy atom. The van der Waals surface area contributed by atoms with Crippen LogP contribution in [0.4, 0.5) is 4.79 Å². The zero-order valence-corrected chi connectivity index (χ0v) is 14.0. The topological polar surface area (TPSA) is 79.6 Å². The molecule has 128 valence electrons. The third-order valence-electron chi connectivity index (χ3n) is 3.90. The highest BCUT2D eigenvalue weighted by Crippen LogP contribution is 2.24. The first kappa shape index (κ1) is 16.7.